The van der Waals surface area contributed by atoms with E-state index in [4.69, 9.17) is 0 Å². The van der Waals surface area contributed by atoms with Gasteiger partial charge in [-0.1, -0.05) is 44.0 Å². The molecule has 2 N–H and O–H groups in total. The molecule has 1 heterocycles. The molecule has 1 aliphatic carbocycles. The summed E-state index contributed by atoms with van der Waals surface area (Å²) in [6, 6.07) is 8.98. The summed E-state index contributed by atoms with van der Waals surface area (Å²) >= 11 is 0. The predicted molar refractivity (Wildman–Crippen MR) is 101 cm³/mol. The minimum absolute atomic E-state index is 0.0269. The van der Waals surface area contributed by atoms with Crippen LogP contribution in [0.25, 0.3) is 11.1 Å². The molecule has 2 aliphatic rings. The normalized spacial score (nSPS) is 21.2. The van der Waals surface area contributed by atoms with E-state index in [1.807, 2.05) is 6.07 Å². The molecule has 3 nitrogen and oxygen atoms in total. The average molecular weight is 337 g/mol. The van der Waals surface area contributed by atoms with Crippen LogP contribution in [0.3, 0.4) is 0 Å². The molecule has 25 heavy (non-hydrogen) atoms. The number of nitrogens with zero attached hydrogens (tertiary/aromatic N) is 1. The van der Waals surface area contributed by atoms with Crippen LogP contribution in [0.4, 0.5) is 0 Å². The smallest absolute Gasteiger partial charge is 0.165 e. The van der Waals surface area contributed by atoms with Crippen LogP contribution in [0.5, 0.6) is 11.5 Å². The fourth-order valence-corrected chi connectivity index (χ4v) is 4.93. The monoisotopic (exact) mass is 337 g/mol. The lowest BCUT2D eigenvalue weighted by molar-refractivity contribution is 0.151. The Balaban J connectivity index is 1.97. The minimum Gasteiger partial charge on any atom is -0.504 e. The van der Waals surface area contributed by atoms with Crippen molar-refractivity contribution in [2.75, 3.05) is 6.54 Å². The maximum atomic E-state index is 10.6. The third-order valence-electron chi connectivity index (χ3n) is 5.82. The Bertz CT molecular complexity index is 827. The molecule has 0 bridgehead atoms. The van der Waals surface area contributed by atoms with Gasteiger partial charge in [0.25, 0.3) is 0 Å². The van der Waals surface area contributed by atoms with Crippen LogP contribution in [-0.4, -0.2) is 21.7 Å². The maximum Gasteiger partial charge on any atom is 0.165 e. The van der Waals surface area contributed by atoms with Gasteiger partial charge < -0.3 is 10.2 Å². The Morgan fingerprint density at radius 2 is 1.92 bits per heavy atom. The van der Waals surface area contributed by atoms with Gasteiger partial charge in [-0.25, -0.2) is 0 Å². The summed E-state index contributed by atoms with van der Waals surface area (Å²) in [5.41, 5.74) is 7.14. The Morgan fingerprint density at radius 3 is 2.64 bits per heavy atom. The zero-order valence-electron chi connectivity index (χ0n) is 15.3. The van der Waals surface area contributed by atoms with E-state index < -0.39 is 0 Å². The molecule has 0 radical (unpaired) electrons. The second kappa shape index (κ2) is 6.06. The Labute approximate surface area is 149 Å². The number of hydrogen-bond acceptors (Lipinski definition) is 3. The molecule has 2 aromatic carbocycles. The average Bonchev–Trinajstić information content (AvgIpc) is 2.86. The Morgan fingerprint density at radius 1 is 1.12 bits per heavy atom. The van der Waals surface area contributed by atoms with Crippen LogP contribution in [0.2, 0.25) is 0 Å². The highest BCUT2D eigenvalue weighted by molar-refractivity contribution is 5.83. The summed E-state index contributed by atoms with van der Waals surface area (Å²) in [6.07, 6.45) is 4.39. The van der Waals surface area contributed by atoms with E-state index in [9.17, 15) is 10.2 Å². The molecule has 0 aromatic heterocycles. The van der Waals surface area contributed by atoms with Gasteiger partial charge in [-0.15, -0.1) is 0 Å². The van der Waals surface area contributed by atoms with E-state index in [2.05, 4.69) is 37.8 Å². The Hall–Kier alpha value is -2.00. The number of rotatable bonds is 4. The largest absolute Gasteiger partial charge is 0.504 e. The molecule has 0 saturated carbocycles. The highest BCUT2D eigenvalue weighted by Crippen LogP contribution is 2.55. The summed E-state index contributed by atoms with van der Waals surface area (Å²) in [4.78, 5) is 2.67. The molecule has 0 amide bonds. The van der Waals surface area contributed by atoms with Crippen molar-refractivity contribution >= 4 is 0 Å². The van der Waals surface area contributed by atoms with Crippen molar-refractivity contribution in [3.05, 3.63) is 46.5 Å². The zero-order chi connectivity index (χ0) is 17.7. The van der Waals surface area contributed by atoms with Crippen LogP contribution < -0.4 is 0 Å². The topological polar surface area (TPSA) is 43.7 Å². The molecule has 132 valence electrons. The lowest BCUT2D eigenvalue weighted by atomic mass is 9.80. The van der Waals surface area contributed by atoms with Crippen LogP contribution in [0.15, 0.2) is 24.3 Å². The number of phenols is 2. The van der Waals surface area contributed by atoms with E-state index in [-0.39, 0.29) is 11.5 Å². The second-order valence-electron chi connectivity index (χ2n) is 7.55. The number of fused-ring (bicyclic) bond motifs is 2. The summed E-state index contributed by atoms with van der Waals surface area (Å²) in [5, 5.41) is 20.6. The first-order valence-electron chi connectivity index (χ1n) is 9.51. The van der Waals surface area contributed by atoms with Gasteiger partial charge in [-0.05, 0) is 61.1 Å². The van der Waals surface area contributed by atoms with E-state index in [1.165, 1.54) is 29.5 Å². The zero-order valence-corrected chi connectivity index (χ0v) is 15.3. The SMILES string of the molecule is CCCC1c2cc(C)cc3c2C(Cc2ccc(O)c(O)c2-3)N1CCC. The number of aryl methyl sites for hydroxylation is 1. The van der Waals surface area contributed by atoms with Gasteiger partial charge in [0, 0.05) is 17.6 Å². The molecule has 3 heteroatoms. The van der Waals surface area contributed by atoms with Crippen LogP contribution >= 0.6 is 0 Å². The quantitative estimate of drug-likeness (QED) is 0.750. The standard InChI is InChI=1S/C22H27NO2/c1-4-6-17-15-10-13(3)11-16-20-14(7-8-19(24)22(20)25)12-18(21(15)16)23(17)9-5-2/h7-8,10-11,17-18,24-25H,4-6,9,12H2,1-3H3. The van der Waals surface area contributed by atoms with Gasteiger partial charge in [0.05, 0.1) is 0 Å². The van der Waals surface area contributed by atoms with Gasteiger partial charge >= 0.3 is 0 Å². The van der Waals surface area contributed by atoms with Crippen molar-refractivity contribution in [1.29, 1.82) is 0 Å². The van der Waals surface area contributed by atoms with Crippen LogP contribution in [0.1, 0.15) is 67.4 Å². The number of hydrogen-bond donors (Lipinski definition) is 2. The molecule has 2 aromatic rings. The van der Waals surface area contributed by atoms with Gasteiger partial charge in [0.2, 0.25) is 0 Å². The van der Waals surface area contributed by atoms with Gasteiger partial charge in [0.15, 0.2) is 11.5 Å². The van der Waals surface area contributed by atoms with Gasteiger partial charge in [-0.2, -0.15) is 0 Å². The molecule has 2 atom stereocenters. The lowest BCUT2D eigenvalue weighted by Crippen LogP contribution is -2.29. The molecule has 0 saturated heterocycles. The third kappa shape index (κ3) is 2.36. The van der Waals surface area contributed by atoms with Crippen molar-refractivity contribution < 1.29 is 10.2 Å². The molecule has 0 fully saturated rings. The molecular formula is C22H27NO2. The number of phenolic OH excluding ortho intramolecular Hbond substituents is 2. The number of benzene rings is 2. The van der Waals surface area contributed by atoms with Crippen LogP contribution in [0, 0.1) is 6.92 Å². The van der Waals surface area contributed by atoms with Gasteiger partial charge in [-0.3, -0.25) is 4.90 Å². The molecule has 0 spiro atoms. The maximum absolute atomic E-state index is 10.6. The first-order chi connectivity index (χ1) is 12.1. The van der Waals surface area contributed by atoms with E-state index in [0.717, 1.165) is 36.1 Å². The van der Waals surface area contributed by atoms with Crippen molar-refractivity contribution in [2.45, 2.75) is 58.5 Å². The van der Waals surface area contributed by atoms with E-state index in [1.54, 1.807) is 6.07 Å². The molecule has 4 rings (SSSR count). The summed E-state index contributed by atoms with van der Waals surface area (Å²) < 4.78 is 0. The first kappa shape index (κ1) is 16.5. The van der Waals surface area contributed by atoms with Gasteiger partial charge in [0.1, 0.15) is 0 Å². The molecular weight excluding hydrogens is 310 g/mol. The van der Waals surface area contributed by atoms with Crippen molar-refractivity contribution in [3.8, 4) is 22.6 Å². The molecule has 1 aliphatic heterocycles. The predicted octanol–water partition coefficient (Wildman–Crippen LogP) is 5.24. The fraction of sp³-hybridized carbons (Fsp3) is 0.455. The first-order valence-corrected chi connectivity index (χ1v) is 9.51. The molecule has 2 unspecified atom stereocenters. The van der Waals surface area contributed by atoms with Crippen molar-refractivity contribution in [3.63, 3.8) is 0 Å². The summed E-state index contributed by atoms with van der Waals surface area (Å²) in [6.45, 7) is 7.73. The number of aromatic hydroxyl groups is 2. The summed E-state index contributed by atoms with van der Waals surface area (Å²) in [7, 11) is 0. The Kier molecular flexibility index (Phi) is 3.99. The highest BCUT2D eigenvalue weighted by Gasteiger charge is 2.42. The third-order valence-corrected chi connectivity index (χ3v) is 5.82. The van der Waals surface area contributed by atoms with Crippen LogP contribution in [-0.2, 0) is 6.42 Å². The van der Waals surface area contributed by atoms with E-state index in [0.29, 0.717) is 12.1 Å². The second-order valence-corrected chi connectivity index (χ2v) is 7.55. The fourth-order valence-electron chi connectivity index (χ4n) is 4.93. The summed E-state index contributed by atoms with van der Waals surface area (Å²) in [5.74, 6) is 0.00529. The highest BCUT2D eigenvalue weighted by atomic mass is 16.3. The van der Waals surface area contributed by atoms with Crippen molar-refractivity contribution in [1.82, 2.24) is 4.90 Å². The van der Waals surface area contributed by atoms with E-state index >= 15 is 0 Å². The lowest BCUT2D eigenvalue weighted by Gasteiger charge is -2.33. The van der Waals surface area contributed by atoms with Crippen molar-refractivity contribution in [2.24, 2.45) is 0 Å². The minimum atomic E-state index is -0.0269.